The zero-order valence-corrected chi connectivity index (χ0v) is 13.6. The number of benzene rings is 2. The molecule has 0 bridgehead atoms. The molecule has 0 aliphatic carbocycles. The number of hydrogen-bond donors (Lipinski definition) is 2. The van der Waals surface area contributed by atoms with Crippen LogP contribution in [0.3, 0.4) is 0 Å². The van der Waals surface area contributed by atoms with Gasteiger partial charge in [-0.3, -0.25) is 0 Å². The largest absolute Gasteiger partial charge is 0.416 e. The van der Waals surface area contributed by atoms with Crippen molar-refractivity contribution in [2.24, 2.45) is 0 Å². The first-order chi connectivity index (χ1) is 12.0. The van der Waals surface area contributed by atoms with E-state index >= 15 is 0 Å². The number of aliphatic hydroxyl groups is 1. The van der Waals surface area contributed by atoms with E-state index in [0.29, 0.717) is 18.7 Å². The second-order valence-electron chi connectivity index (χ2n) is 6.07. The number of rotatable bonds is 4. The first kappa shape index (κ1) is 17.9. The fraction of sp³-hybridized carbons (Fsp3) is 0.368. The number of morpholine rings is 1. The molecule has 0 aromatic heterocycles. The monoisotopic (exact) mass is 351 g/mol. The van der Waals surface area contributed by atoms with Gasteiger partial charge in [-0.05, 0) is 22.8 Å². The molecule has 2 N–H and O–H groups in total. The number of ether oxygens (including phenoxy) is 1. The quantitative estimate of drug-likeness (QED) is 0.884. The van der Waals surface area contributed by atoms with Gasteiger partial charge in [0.25, 0.3) is 0 Å². The highest BCUT2D eigenvalue weighted by Crippen LogP contribution is 2.35. The van der Waals surface area contributed by atoms with Crippen molar-refractivity contribution in [3.05, 3.63) is 70.8 Å². The van der Waals surface area contributed by atoms with Crippen molar-refractivity contribution in [2.75, 3.05) is 19.7 Å². The lowest BCUT2D eigenvalue weighted by atomic mass is 9.92. The topological polar surface area (TPSA) is 41.5 Å². The highest BCUT2D eigenvalue weighted by atomic mass is 19.4. The van der Waals surface area contributed by atoms with E-state index < -0.39 is 17.8 Å². The van der Waals surface area contributed by atoms with Crippen molar-refractivity contribution >= 4 is 0 Å². The molecule has 3 nitrogen and oxygen atoms in total. The Hall–Kier alpha value is -1.89. The van der Waals surface area contributed by atoms with E-state index in [0.717, 1.165) is 18.2 Å². The molecule has 6 heteroatoms. The van der Waals surface area contributed by atoms with Gasteiger partial charge in [-0.25, -0.2) is 0 Å². The third kappa shape index (κ3) is 4.21. The highest BCUT2D eigenvalue weighted by molar-refractivity contribution is 5.35. The van der Waals surface area contributed by atoms with E-state index in [1.165, 1.54) is 12.1 Å². The molecule has 1 aliphatic rings. The molecule has 2 atom stereocenters. The summed E-state index contributed by atoms with van der Waals surface area (Å²) >= 11 is 0. The lowest BCUT2D eigenvalue weighted by Crippen LogP contribution is -2.34. The smallest absolute Gasteiger partial charge is 0.388 e. The third-order valence-corrected chi connectivity index (χ3v) is 4.37. The van der Waals surface area contributed by atoms with Gasteiger partial charge in [0, 0.05) is 19.5 Å². The summed E-state index contributed by atoms with van der Waals surface area (Å²) in [6, 6.07) is 12.6. The van der Waals surface area contributed by atoms with Crippen LogP contribution in [0, 0.1) is 0 Å². The molecule has 1 heterocycles. The molecular weight excluding hydrogens is 331 g/mol. The van der Waals surface area contributed by atoms with Crippen molar-refractivity contribution < 1.29 is 23.0 Å². The molecule has 0 amide bonds. The molecule has 0 spiro atoms. The number of aliphatic hydroxyl groups excluding tert-OH is 1. The molecule has 1 saturated heterocycles. The molecule has 25 heavy (non-hydrogen) atoms. The van der Waals surface area contributed by atoms with Gasteiger partial charge in [0.1, 0.15) is 0 Å². The van der Waals surface area contributed by atoms with Crippen LogP contribution in [0.1, 0.15) is 34.5 Å². The van der Waals surface area contributed by atoms with Crippen LogP contribution in [0.4, 0.5) is 13.2 Å². The Bertz CT molecular complexity index is 712. The molecule has 0 saturated carbocycles. The molecule has 1 fully saturated rings. The van der Waals surface area contributed by atoms with E-state index in [9.17, 15) is 18.3 Å². The molecule has 134 valence electrons. The van der Waals surface area contributed by atoms with Gasteiger partial charge >= 0.3 is 6.18 Å². The maximum absolute atomic E-state index is 13.2. The second kappa shape index (κ2) is 7.56. The molecule has 1 aliphatic heterocycles. The van der Waals surface area contributed by atoms with Crippen LogP contribution in [-0.4, -0.2) is 24.8 Å². The van der Waals surface area contributed by atoms with Gasteiger partial charge < -0.3 is 15.2 Å². The number of alkyl halides is 3. The van der Waals surface area contributed by atoms with E-state index in [4.69, 9.17) is 4.74 Å². The number of halogens is 3. The summed E-state index contributed by atoms with van der Waals surface area (Å²) in [6.07, 6.45) is -5.79. The van der Waals surface area contributed by atoms with Crippen LogP contribution in [0.15, 0.2) is 48.5 Å². The van der Waals surface area contributed by atoms with E-state index in [1.807, 2.05) is 12.1 Å². The third-order valence-electron chi connectivity index (χ3n) is 4.37. The zero-order chi connectivity index (χ0) is 17.9. The predicted molar refractivity (Wildman–Crippen MR) is 88.1 cm³/mol. The van der Waals surface area contributed by atoms with Gasteiger partial charge in [0.05, 0.1) is 24.4 Å². The summed E-state index contributed by atoms with van der Waals surface area (Å²) in [7, 11) is 0. The van der Waals surface area contributed by atoms with Crippen LogP contribution in [0.25, 0.3) is 0 Å². The minimum absolute atomic E-state index is 0.0833. The van der Waals surface area contributed by atoms with Crippen LogP contribution in [-0.2, 0) is 17.3 Å². The summed E-state index contributed by atoms with van der Waals surface area (Å²) in [5.74, 6) is 0. The predicted octanol–water partition coefficient (Wildman–Crippen LogP) is 3.64. The summed E-state index contributed by atoms with van der Waals surface area (Å²) in [6.45, 7) is 1.94. The van der Waals surface area contributed by atoms with Crippen LogP contribution in [0.2, 0.25) is 0 Å². The Balaban J connectivity index is 1.86. The standard InChI is InChI=1S/C19H20F3NO2/c20-19(21,22)16-8-4-1-5-13(16)11-17(24)14-6-2-3-7-15(14)18-12-23-9-10-25-18/h1-8,17-18,23-24H,9-12H2. The summed E-state index contributed by atoms with van der Waals surface area (Å²) < 4.78 is 45.2. The van der Waals surface area contributed by atoms with Crippen molar-refractivity contribution in [3.63, 3.8) is 0 Å². The zero-order valence-electron chi connectivity index (χ0n) is 13.6. The SMILES string of the molecule is OC(Cc1ccccc1C(F)(F)F)c1ccccc1C1CNCCO1. The molecule has 2 unspecified atom stereocenters. The van der Waals surface area contributed by atoms with E-state index in [-0.39, 0.29) is 18.1 Å². The van der Waals surface area contributed by atoms with Gasteiger partial charge in [-0.2, -0.15) is 13.2 Å². The van der Waals surface area contributed by atoms with Crippen LogP contribution < -0.4 is 5.32 Å². The average Bonchev–Trinajstić information content (AvgIpc) is 2.62. The summed E-state index contributed by atoms with van der Waals surface area (Å²) in [5, 5.41) is 13.9. The van der Waals surface area contributed by atoms with Crippen molar-refractivity contribution in [2.45, 2.75) is 24.8 Å². The van der Waals surface area contributed by atoms with Gasteiger partial charge in [-0.1, -0.05) is 42.5 Å². The van der Waals surface area contributed by atoms with Crippen LogP contribution in [0.5, 0.6) is 0 Å². The van der Waals surface area contributed by atoms with Crippen molar-refractivity contribution in [1.29, 1.82) is 0 Å². The Morgan fingerprint density at radius 3 is 2.56 bits per heavy atom. The van der Waals surface area contributed by atoms with E-state index in [2.05, 4.69) is 5.32 Å². The lowest BCUT2D eigenvalue weighted by molar-refractivity contribution is -0.138. The number of nitrogens with one attached hydrogen (secondary N) is 1. The Labute approximate surface area is 144 Å². The molecule has 2 aromatic carbocycles. The minimum Gasteiger partial charge on any atom is -0.388 e. The molecule has 0 radical (unpaired) electrons. The lowest BCUT2D eigenvalue weighted by Gasteiger charge is -2.27. The summed E-state index contributed by atoms with van der Waals surface area (Å²) in [4.78, 5) is 0. The molecular formula is C19H20F3NO2. The van der Waals surface area contributed by atoms with Gasteiger partial charge in [0.15, 0.2) is 0 Å². The van der Waals surface area contributed by atoms with Crippen molar-refractivity contribution in [3.8, 4) is 0 Å². The second-order valence-corrected chi connectivity index (χ2v) is 6.07. The molecule has 2 aromatic rings. The Kier molecular flexibility index (Phi) is 5.42. The van der Waals surface area contributed by atoms with Crippen molar-refractivity contribution in [1.82, 2.24) is 5.32 Å². The van der Waals surface area contributed by atoms with Gasteiger partial charge in [0.2, 0.25) is 0 Å². The number of hydrogen-bond acceptors (Lipinski definition) is 3. The maximum Gasteiger partial charge on any atom is 0.416 e. The van der Waals surface area contributed by atoms with Gasteiger partial charge in [-0.15, -0.1) is 0 Å². The first-order valence-electron chi connectivity index (χ1n) is 8.21. The summed E-state index contributed by atoms with van der Waals surface area (Å²) in [5.41, 5.74) is 0.793. The van der Waals surface area contributed by atoms with Crippen LogP contribution >= 0.6 is 0 Å². The molecule has 3 rings (SSSR count). The Morgan fingerprint density at radius 1 is 1.12 bits per heavy atom. The fourth-order valence-corrected chi connectivity index (χ4v) is 3.17. The first-order valence-corrected chi connectivity index (χ1v) is 8.21. The highest BCUT2D eigenvalue weighted by Gasteiger charge is 2.33. The normalized spacial score (nSPS) is 19.6. The van der Waals surface area contributed by atoms with E-state index in [1.54, 1.807) is 18.2 Å². The Morgan fingerprint density at radius 2 is 1.84 bits per heavy atom. The minimum atomic E-state index is -4.44. The average molecular weight is 351 g/mol. The fourth-order valence-electron chi connectivity index (χ4n) is 3.17. The maximum atomic E-state index is 13.2.